The van der Waals surface area contributed by atoms with Gasteiger partial charge in [0.1, 0.15) is 5.82 Å². The topological polar surface area (TPSA) is 100 Å². The van der Waals surface area contributed by atoms with Gasteiger partial charge < -0.3 is 19.9 Å². The Morgan fingerprint density at radius 3 is 2.62 bits per heavy atom. The highest BCUT2D eigenvalue weighted by atomic mass is 16.1. The molecule has 29 heavy (non-hydrogen) atoms. The maximum Gasteiger partial charge on any atom is 0.259 e. The number of hydrogen-bond donors (Lipinski definition) is 2. The van der Waals surface area contributed by atoms with Crippen LogP contribution in [0.1, 0.15) is 41.0 Å². The minimum Gasteiger partial charge on any atom is -0.339 e. The van der Waals surface area contributed by atoms with Gasteiger partial charge in [-0.1, -0.05) is 0 Å². The van der Waals surface area contributed by atoms with E-state index in [1.807, 2.05) is 24.4 Å². The van der Waals surface area contributed by atoms with Crippen LogP contribution in [0.2, 0.25) is 0 Å². The summed E-state index contributed by atoms with van der Waals surface area (Å²) in [5.41, 5.74) is 2.85. The summed E-state index contributed by atoms with van der Waals surface area (Å²) >= 11 is 0. The minimum absolute atomic E-state index is 0.283. The number of nitrogens with zero attached hydrogens (tertiary/aromatic N) is 6. The fraction of sp³-hybridized carbons (Fsp3) is 0.450. The normalized spacial score (nSPS) is 19.1. The summed E-state index contributed by atoms with van der Waals surface area (Å²) in [6.45, 7) is 5.64. The number of imidazole rings is 1. The number of fused-ring (bicyclic) bond motifs is 1. The van der Waals surface area contributed by atoms with Crippen molar-refractivity contribution in [3.05, 3.63) is 41.7 Å². The summed E-state index contributed by atoms with van der Waals surface area (Å²) in [6, 6.07) is 1.21. The summed E-state index contributed by atoms with van der Waals surface area (Å²) in [5, 5.41) is 6.48. The van der Waals surface area contributed by atoms with Gasteiger partial charge >= 0.3 is 0 Å². The molecule has 1 saturated carbocycles. The average Bonchev–Trinajstić information content (AvgIpc) is 3.24. The first kappa shape index (κ1) is 18.0. The number of aryl methyl sites for hydroxylation is 2. The van der Waals surface area contributed by atoms with Crippen LogP contribution in [0.15, 0.2) is 24.8 Å². The first-order chi connectivity index (χ1) is 14.0. The lowest BCUT2D eigenvalue weighted by atomic mass is 10.2. The molecule has 2 N–H and O–H groups in total. The Morgan fingerprint density at radius 1 is 1.07 bits per heavy atom. The van der Waals surface area contributed by atoms with E-state index >= 15 is 0 Å². The fourth-order valence-corrected chi connectivity index (χ4v) is 3.79. The van der Waals surface area contributed by atoms with Crippen LogP contribution in [0.5, 0.6) is 0 Å². The number of amides is 1. The molecular formula is C20H24N8O. The highest BCUT2D eigenvalue weighted by Gasteiger charge is 2.30. The average molecular weight is 392 g/mol. The number of rotatable bonds is 5. The number of carbonyl (C=O) groups excluding carboxylic acids is 1. The Hall–Kier alpha value is -3.07. The van der Waals surface area contributed by atoms with E-state index in [2.05, 4.69) is 35.5 Å². The van der Waals surface area contributed by atoms with Crippen molar-refractivity contribution < 1.29 is 4.79 Å². The molecule has 9 heteroatoms. The van der Waals surface area contributed by atoms with E-state index in [1.165, 1.54) is 12.8 Å². The largest absolute Gasteiger partial charge is 0.339 e. The molecule has 3 aromatic rings. The number of hydrogen-bond acceptors (Lipinski definition) is 7. The first-order valence-corrected chi connectivity index (χ1v) is 10.0. The van der Waals surface area contributed by atoms with E-state index in [0.717, 1.165) is 36.5 Å². The van der Waals surface area contributed by atoms with Crippen LogP contribution in [-0.2, 0) is 0 Å². The van der Waals surface area contributed by atoms with Crippen molar-refractivity contribution in [3.8, 4) is 0 Å². The summed E-state index contributed by atoms with van der Waals surface area (Å²) in [5.74, 6) is 0.857. The van der Waals surface area contributed by atoms with Crippen LogP contribution in [0.25, 0.3) is 5.65 Å². The Labute approximate surface area is 168 Å². The number of carbonyl (C=O) groups is 1. The van der Waals surface area contributed by atoms with Crippen LogP contribution in [-0.4, -0.2) is 55.4 Å². The number of aromatic nitrogens is 5. The van der Waals surface area contributed by atoms with Crippen molar-refractivity contribution in [3.63, 3.8) is 0 Å². The van der Waals surface area contributed by atoms with Crippen molar-refractivity contribution in [2.24, 2.45) is 0 Å². The highest BCUT2D eigenvalue weighted by molar-refractivity contribution is 6.03. The molecule has 0 bridgehead atoms. The van der Waals surface area contributed by atoms with Gasteiger partial charge in [0.25, 0.3) is 5.91 Å². The standard InChI is InChI=1S/C20H24N8O/c1-12-9-28-11-17(24-13(2)18(28)23-12)26-19(29)14-7-21-20(22-8-14)27-6-5-16(10-27)25-15-3-4-15/h7-9,11,15-16,25H,3-6,10H2,1-2H3,(H,26,29)/t16-/m0/s1. The highest BCUT2D eigenvalue weighted by Crippen LogP contribution is 2.23. The van der Waals surface area contributed by atoms with Gasteiger partial charge in [-0.3, -0.25) is 4.79 Å². The zero-order chi connectivity index (χ0) is 20.0. The van der Waals surface area contributed by atoms with Crippen LogP contribution < -0.4 is 15.5 Å². The molecular weight excluding hydrogens is 368 g/mol. The molecule has 3 aromatic heterocycles. The van der Waals surface area contributed by atoms with Gasteiger partial charge in [-0.2, -0.15) is 0 Å². The predicted molar refractivity (Wildman–Crippen MR) is 109 cm³/mol. The molecule has 150 valence electrons. The third-order valence-electron chi connectivity index (χ3n) is 5.39. The van der Waals surface area contributed by atoms with Gasteiger partial charge in [0.2, 0.25) is 5.95 Å². The third-order valence-corrected chi connectivity index (χ3v) is 5.39. The van der Waals surface area contributed by atoms with Crippen molar-refractivity contribution >= 4 is 23.3 Å². The number of nitrogens with one attached hydrogen (secondary N) is 2. The van der Waals surface area contributed by atoms with E-state index in [-0.39, 0.29) is 5.91 Å². The summed E-state index contributed by atoms with van der Waals surface area (Å²) in [7, 11) is 0. The van der Waals surface area contributed by atoms with Gasteiger partial charge in [0, 0.05) is 43.8 Å². The first-order valence-electron chi connectivity index (χ1n) is 10.0. The molecule has 0 aromatic carbocycles. The van der Waals surface area contributed by atoms with Gasteiger partial charge in [-0.05, 0) is 33.1 Å². The molecule has 0 radical (unpaired) electrons. The summed E-state index contributed by atoms with van der Waals surface area (Å²) in [6.07, 6.45) is 10.5. The molecule has 0 spiro atoms. The second-order valence-corrected chi connectivity index (χ2v) is 7.92. The molecule has 4 heterocycles. The van der Waals surface area contributed by atoms with Crippen LogP contribution in [0.3, 0.4) is 0 Å². The van der Waals surface area contributed by atoms with Gasteiger partial charge in [0.15, 0.2) is 5.65 Å². The molecule has 5 rings (SSSR count). The molecule has 0 unspecified atom stereocenters. The Balaban J connectivity index is 1.26. The lowest BCUT2D eigenvalue weighted by Crippen LogP contribution is -2.34. The molecule has 1 aliphatic carbocycles. The van der Waals surface area contributed by atoms with E-state index in [0.29, 0.717) is 29.4 Å². The van der Waals surface area contributed by atoms with Crippen molar-refractivity contribution in [2.45, 2.75) is 45.2 Å². The summed E-state index contributed by atoms with van der Waals surface area (Å²) < 4.78 is 1.87. The van der Waals surface area contributed by atoms with E-state index < -0.39 is 0 Å². The minimum atomic E-state index is -0.283. The van der Waals surface area contributed by atoms with E-state index in [1.54, 1.807) is 18.6 Å². The van der Waals surface area contributed by atoms with Crippen LogP contribution in [0.4, 0.5) is 11.8 Å². The fourth-order valence-electron chi connectivity index (χ4n) is 3.79. The van der Waals surface area contributed by atoms with E-state index in [4.69, 9.17) is 0 Å². The van der Waals surface area contributed by atoms with Crippen molar-refractivity contribution in [2.75, 3.05) is 23.3 Å². The lowest BCUT2D eigenvalue weighted by molar-refractivity contribution is 0.102. The second-order valence-electron chi connectivity index (χ2n) is 7.92. The van der Waals surface area contributed by atoms with Crippen molar-refractivity contribution in [1.82, 2.24) is 29.7 Å². The van der Waals surface area contributed by atoms with Crippen molar-refractivity contribution in [1.29, 1.82) is 0 Å². The van der Waals surface area contributed by atoms with Crippen LogP contribution >= 0.6 is 0 Å². The molecule has 2 fully saturated rings. The van der Waals surface area contributed by atoms with Gasteiger partial charge in [-0.15, -0.1) is 0 Å². The van der Waals surface area contributed by atoms with Crippen LogP contribution in [0, 0.1) is 13.8 Å². The zero-order valence-corrected chi connectivity index (χ0v) is 16.6. The third kappa shape index (κ3) is 3.77. The number of anilines is 2. The summed E-state index contributed by atoms with van der Waals surface area (Å²) in [4.78, 5) is 32.4. The lowest BCUT2D eigenvalue weighted by Gasteiger charge is -2.16. The van der Waals surface area contributed by atoms with Gasteiger partial charge in [-0.25, -0.2) is 19.9 Å². The maximum absolute atomic E-state index is 12.6. The smallest absolute Gasteiger partial charge is 0.259 e. The molecule has 2 aliphatic rings. The molecule has 1 aliphatic heterocycles. The second kappa shape index (κ2) is 7.07. The molecule has 1 atom stereocenters. The van der Waals surface area contributed by atoms with E-state index in [9.17, 15) is 4.79 Å². The Bertz CT molecular complexity index is 1060. The quantitative estimate of drug-likeness (QED) is 0.682. The molecule has 9 nitrogen and oxygen atoms in total. The Morgan fingerprint density at radius 2 is 1.86 bits per heavy atom. The molecule has 1 amide bonds. The monoisotopic (exact) mass is 392 g/mol. The SMILES string of the molecule is Cc1cn2cc(NC(=O)c3cnc(N4CC[C@H](NC5CC5)C4)nc3)nc(C)c2n1. The maximum atomic E-state index is 12.6. The molecule has 1 saturated heterocycles. The predicted octanol–water partition coefficient (Wildman–Crippen LogP) is 1.72. The Kier molecular flexibility index (Phi) is 4.39. The van der Waals surface area contributed by atoms with Gasteiger partial charge in [0.05, 0.1) is 23.1 Å². The zero-order valence-electron chi connectivity index (χ0n) is 16.6.